The Morgan fingerprint density at radius 3 is 1.73 bits per heavy atom. The number of furan rings is 2. The summed E-state index contributed by atoms with van der Waals surface area (Å²) in [6.07, 6.45) is 0. The van der Waals surface area contributed by atoms with Crippen molar-refractivity contribution in [3.63, 3.8) is 0 Å². The summed E-state index contributed by atoms with van der Waals surface area (Å²) in [6, 6.07) is 63.8. The Kier molecular flexibility index (Phi) is 6.89. The van der Waals surface area contributed by atoms with E-state index in [1.165, 1.54) is 37.0 Å². The molecule has 288 valence electrons. The molecule has 0 saturated carbocycles. The molecule has 0 N–H and O–H groups in total. The Bertz CT molecular complexity index is 4060. The highest BCUT2D eigenvalue weighted by Crippen LogP contribution is 2.44. The molecule has 0 fully saturated rings. The molecule has 0 atom stereocenters. The Balaban J connectivity index is 1.10. The van der Waals surface area contributed by atoms with Crippen LogP contribution in [0.2, 0.25) is 0 Å². The molecule has 0 aliphatic heterocycles. The minimum Gasteiger partial charge on any atom is -0.455 e. The molecule has 14 aromatic rings. The number of rotatable bonds is 4. The summed E-state index contributed by atoms with van der Waals surface area (Å²) in [5.41, 5.74) is 8.77. The molecule has 5 heterocycles. The van der Waals surface area contributed by atoms with Gasteiger partial charge < -0.3 is 13.4 Å². The molecule has 0 bridgehead atoms. The van der Waals surface area contributed by atoms with Crippen molar-refractivity contribution in [1.82, 2.24) is 19.5 Å². The fourth-order valence-corrected chi connectivity index (χ4v) is 10.8. The highest BCUT2D eigenvalue weighted by Gasteiger charge is 2.24. The van der Waals surface area contributed by atoms with Gasteiger partial charge in [-0.3, -0.25) is 0 Å². The first-order chi connectivity index (χ1) is 30.7. The highest BCUT2D eigenvalue weighted by atomic mass is 32.1. The molecule has 0 unspecified atom stereocenters. The summed E-state index contributed by atoms with van der Waals surface area (Å²) >= 11 is 1.76. The third-order valence-electron chi connectivity index (χ3n) is 12.4. The van der Waals surface area contributed by atoms with Crippen LogP contribution in [0, 0.1) is 0 Å². The van der Waals surface area contributed by atoms with Crippen molar-refractivity contribution in [1.29, 1.82) is 0 Å². The molecule has 0 amide bonds. The second-order valence-corrected chi connectivity index (χ2v) is 17.0. The first kappa shape index (κ1) is 33.7. The van der Waals surface area contributed by atoms with E-state index in [1.807, 2.05) is 36.4 Å². The van der Waals surface area contributed by atoms with Crippen LogP contribution < -0.4 is 0 Å². The number of aromatic nitrogens is 4. The number of nitrogens with zero attached hydrogens (tertiary/aromatic N) is 4. The third kappa shape index (κ3) is 4.82. The van der Waals surface area contributed by atoms with E-state index in [1.54, 1.807) is 11.3 Å². The molecule has 0 aliphatic rings. The fraction of sp³-hybridized carbons (Fsp3) is 0. The van der Waals surface area contributed by atoms with E-state index in [2.05, 4.69) is 150 Å². The van der Waals surface area contributed by atoms with E-state index in [0.717, 1.165) is 76.4 Å². The zero-order chi connectivity index (χ0) is 40.5. The number of hydrogen-bond donors (Lipinski definition) is 0. The quantitative estimate of drug-likeness (QED) is 0.177. The molecular formula is C55H30N4O2S. The average Bonchev–Trinajstić information content (AvgIpc) is 4.09. The van der Waals surface area contributed by atoms with Gasteiger partial charge in [0, 0.05) is 63.7 Å². The van der Waals surface area contributed by atoms with Crippen molar-refractivity contribution in [2.24, 2.45) is 0 Å². The molecule has 9 aromatic carbocycles. The average molecular weight is 811 g/mol. The smallest absolute Gasteiger partial charge is 0.167 e. The standard InChI is InChI=1S/C55H30N4O2S/c1-2-14-32-28-46-42(27-31(32)13-1)34-15-3-7-23-45(34)59(46)33-29-43-36-17-5-9-25-48(36)61-51(43)44(30-33)55-57-53(40-21-11-19-38-35-16-4-8-24-47(35)60-50(38)40)56-54(58-55)41-22-12-20-39-37-18-6-10-26-49(37)62-52(39)41/h1-30H. The topological polar surface area (TPSA) is 69.9 Å². The molecule has 0 saturated heterocycles. The molecule has 0 aliphatic carbocycles. The van der Waals surface area contributed by atoms with Crippen LogP contribution in [0.15, 0.2) is 191 Å². The van der Waals surface area contributed by atoms with E-state index in [9.17, 15) is 0 Å². The van der Waals surface area contributed by atoms with Gasteiger partial charge in [-0.15, -0.1) is 11.3 Å². The van der Waals surface area contributed by atoms with Crippen molar-refractivity contribution >= 4 is 108 Å². The summed E-state index contributed by atoms with van der Waals surface area (Å²) in [5, 5.41) is 11.2. The molecule has 62 heavy (non-hydrogen) atoms. The third-order valence-corrected chi connectivity index (χ3v) is 13.6. The molecule has 0 radical (unpaired) electrons. The molecule has 6 nitrogen and oxygen atoms in total. The molecule has 0 spiro atoms. The van der Waals surface area contributed by atoms with Crippen molar-refractivity contribution in [2.75, 3.05) is 0 Å². The predicted molar refractivity (Wildman–Crippen MR) is 255 cm³/mol. The van der Waals surface area contributed by atoms with Gasteiger partial charge in [-0.1, -0.05) is 121 Å². The van der Waals surface area contributed by atoms with E-state index in [4.69, 9.17) is 23.8 Å². The van der Waals surface area contributed by atoms with Crippen LogP contribution in [-0.2, 0) is 0 Å². The van der Waals surface area contributed by atoms with Crippen LogP contribution in [0.4, 0.5) is 0 Å². The Morgan fingerprint density at radius 2 is 0.935 bits per heavy atom. The number of fused-ring (bicyclic) bond motifs is 13. The maximum absolute atomic E-state index is 6.83. The zero-order valence-electron chi connectivity index (χ0n) is 32.8. The second kappa shape index (κ2) is 12.7. The lowest BCUT2D eigenvalue weighted by Crippen LogP contribution is -2.02. The number of hydrogen-bond acceptors (Lipinski definition) is 6. The van der Waals surface area contributed by atoms with Gasteiger partial charge in [-0.2, -0.15) is 0 Å². The van der Waals surface area contributed by atoms with Gasteiger partial charge in [0.05, 0.1) is 22.2 Å². The van der Waals surface area contributed by atoms with Gasteiger partial charge in [-0.25, -0.2) is 15.0 Å². The maximum Gasteiger partial charge on any atom is 0.167 e. The molecule has 7 heteroatoms. The normalized spacial score (nSPS) is 12.2. The minimum atomic E-state index is 0.508. The highest BCUT2D eigenvalue weighted by molar-refractivity contribution is 7.26. The molecule has 5 aromatic heterocycles. The van der Waals surface area contributed by atoms with Crippen LogP contribution in [0.25, 0.3) is 136 Å². The largest absolute Gasteiger partial charge is 0.455 e. The van der Waals surface area contributed by atoms with Crippen molar-refractivity contribution in [3.05, 3.63) is 182 Å². The Morgan fingerprint density at radius 1 is 0.371 bits per heavy atom. The van der Waals surface area contributed by atoms with Crippen LogP contribution >= 0.6 is 11.3 Å². The van der Waals surface area contributed by atoms with E-state index in [-0.39, 0.29) is 0 Å². The Hall–Kier alpha value is -8.13. The number of benzene rings is 9. The van der Waals surface area contributed by atoms with Gasteiger partial charge in [0.15, 0.2) is 17.5 Å². The maximum atomic E-state index is 6.83. The van der Waals surface area contributed by atoms with Crippen molar-refractivity contribution in [3.8, 4) is 39.9 Å². The fourth-order valence-electron chi connectivity index (χ4n) is 9.62. The monoisotopic (exact) mass is 810 g/mol. The zero-order valence-corrected chi connectivity index (χ0v) is 33.7. The van der Waals surface area contributed by atoms with Gasteiger partial charge in [0.2, 0.25) is 0 Å². The Labute approximate surface area is 356 Å². The van der Waals surface area contributed by atoms with Gasteiger partial charge in [0.1, 0.15) is 22.3 Å². The summed E-state index contributed by atoms with van der Waals surface area (Å²) < 4.78 is 18.1. The van der Waals surface area contributed by atoms with Gasteiger partial charge in [0.25, 0.3) is 0 Å². The molecular weight excluding hydrogens is 781 g/mol. The van der Waals surface area contributed by atoms with Crippen LogP contribution in [0.1, 0.15) is 0 Å². The van der Waals surface area contributed by atoms with E-state index >= 15 is 0 Å². The summed E-state index contributed by atoms with van der Waals surface area (Å²) in [5.74, 6) is 1.60. The SMILES string of the molecule is c1ccc2cc3c(cc2c1)c1ccccc1n3-c1cc(-c2nc(-c3cccc4c3oc3ccccc34)nc(-c3cccc4c3sc3ccccc34)n2)c2oc3ccccc3c2c1. The summed E-state index contributed by atoms with van der Waals surface area (Å²) in [7, 11) is 0. The van der Waals surface area contributed by atoms with Gasteiger partial charge >= 0.3 is 0 Å². The summed E-state index contributed by atoms with van der Waals surface area (Å²) in [6.45, 7) is 0. The van der Waals surface area contributed by atoms with E-state index in [0.29, 0.717) is 23.1 Å². The lowest BCUT2D eigenvalue weighted by molar-refractivity contribution is 0.669. The predicted octanol–water partition coefficient (Wildman–Crippen LogP) is 15.3. The minimum absolute atomic E-state index is 0.508. The first-order valence-corrected chi connectivity index (χ1v) is 21.5. The van der Waals surface area contributed by atoms with Gasteiger partial charge in [-0.05, 0) is 71.4 Å². The van der Waals surface area contributed by atoms with Crippen molar-refractivity contribution < 1.29 is 8.83 Å². The first-order valence-electron chi connectivity index (χ1n) is 20.7. The lowest BCUT2D eigenvalue weighted by Gasteiger charge is -2.13. The number of thiophene rings is 1. The van der Waals surface area contributed by atoms with E-state index < -0.39 is 0 Å². The van der Waals surface area contributed by atoms with Crippen LogP contribution in [0.3, 0.4) is 0 Å². The second-order valence-electron chi connectivity index (χ2n) is 15.9. The summed E-state index contributed by atoms with van der Waals surface area (Å²) in [4.78, 5) is 16.2. The number of para-hydroxylation sites is 4. The van der Waals surface area contributed by atoms with Crippen LogP contribution in [-0.4, -0.2) is 19.5 Å². The lowest BCUT2D eigenvalue weighted by atomic mass is 10.0. The molecule has 14 rings (SSSR count). The van der Waals surface area contributed by atoms with Crippen LogP contribution in [0.5, 0.6) is 0 Å². The van der Waals surface area contributed by atoms with Crippen molar-refractivity contribution in [2.45, 2.75) is 0 Å².